The zero-order chi connectivity index (χ0) is 24.0. The van der Waals surface area contributed by atoms with Crippen molar-refractivity contribution in [3.05, 3.63) is 101 Å². The Bertz CT molecular complexity index is 1360. The first-order chi connectivity index (χ1) is 16.2. The second-order valence-corrected chi connectivity index (χ2v) is 9.08. The van der Waals surface area contributed by atoms with Gasteiger partial charge in [-0.3, -0.25) is 14.4 Å². The van der Waals surface area contributed by atoms with E-state index in [1.54, 1.807) is 12.1 Å². The first-order valence-electron chi connectivity index (χ1n) is 10.9. The van der Waals surface area contributed by atoms with E-state index in [0.717, 1.165) is 28.2 Å². The lowest BCUT2D eigenvalue weighted by molar-refractivity contribution is -0.137. The highest BCUT2D eigenvalue weighted by Gasteiger charge is 2.70. The zero-order valence-electron chi connectivity index (χ0n) is 18.0. The molecule has 1 heterocycles. The van der Waals surface area contributed by atoms with E-state index in [1.165, 1.54) is 19.1 Å². The van der Waals surface area contributed by atoms with Gasteiger partial charge in [0.25, 0.3) is 0 Å². The number of rotatable bonds is 2. The van der Waals surface area contributed by atoms with Gasteiger partial charge < -0.3 is 0 Å². The van der Waals surface area contributed by atoms with Crippen LogP contribution in [0.4, 0.5) is 18.9 Å². The molecule has 1 aliphatic heterocycles. The van der Waals surface area contributed by atoms with Crippen molar-refractivity contribution in [1.29, 1.82) is 0 Å². The van der Waals surface area contributed by atoms with Crippen LogP contribution in [0.25, 0.3) is 0 Å². The molecule has 0 aromatic heterocycles. The lowest BCUT2D eigenvalue weighted by Gasteiger charge is -2.52. The third-order valence-corrected chi connectivity index (χ3v) is 7.61. The van der Waals surface area contributed by atoms with E-state index in [1.807, 2.05) is 36.4 Å². The molecule has 1 fully saturated rings. The van der Waals surface area contributed by atoms with Gasteiger partial charge in [-0.25, -0.2) is 4.90 Å². The highest BCUT2D eigenvalue weighted by Crippen LogP contribution is 2.64. The van der Waals surface area contributed by atoms with Crippen LogP contribution in [0.5, 0.6) is 0 Å². The molecule has 7 rings (SSSR count). The minimum Gasteiger partial charge on any atom is -0.299 e. The van der Waals surface area contributed by atoms with Crippen molar-refractivity contribution in [3.8, 4) is 0 Å². The number of hydrogen-bond acceptors (Lipinski definition) is 3. The van der Waals surface area contributed by atoms with Crippen molar-refractivity contribution in [2.45, 2.75) is 24.4 Å². The van der Waals surface area contributed by atoms with Crippen molar-refractivity contribution < 1.29 is 27.6 Å². The summed E-state index contributed by atoms with van der Waals surface area (Å²) in [6, 6.07) is 18.9. The number of Topliss-reactive ketones (excluding diaryl/α,β-unsaturated/α-hetero) is 1. The van der Waals surface area contributed by atoms with Crippen molar-refractivity contribution in [1.82, 2.24) is 0 Å². The summed E-state index contributed by atoms with van der Waals surface area (Å²) in [4.78, 5) is 42.0. The summed E-state index contributed by atoms with van der Waals surface area (Å²) in [5, 5.41) is 0. The largest absolute Gasteiger partial charge is 0.416 e. The quantitative estimate of drug-likeness (QED) is 0.513. The van der Waals surface area contributed by atoms with Crippen LogP contribution in [0, 0.1) is 11.8 Å². The van der Waals surface area contributed by atoms with E-state index in [4.69, 9.17) is 0 Å². The number of alkyl halides is 3. The first-order valence-corrected chi connectivity index (χ1v) is 10.9. The minimum absolute atomic E-state index is 0.134. The Balaban J connectivity index is 1.62. The normalized spacial score (nSPS) is 26.8. The molecule has 4 nitrogen and oxygen atoms in total. The summed E-state index contributed by atoms with van der Waals surface area (Å²) in [6.45, 7) is 1.42. The van der Waals surface area contributed by atoms with Crippen molar-refractivity contribution >= 4 is 23.3 Å². The van der Waals surface area contributed by atoms with Crippen LogP contribution in [0.1, 0.15) is 40.7 Å². The molecule has 3 aromatic rings. The molecular formula is C27H18F3NO3. The molecule has 7 heteroatoms. The van der Waals surface area contributed by atoms with Gasteiger partial charge in [0.2, 0.25) is 11.8 Å². The number of carbonyl (C=O) groups is 3. The molecule has 0 spiro atoms. The predicted octanol–water partition coefficient (Wildman–Crippen LogP) is 4.85. The smallest absolute Gasteiger partial charge is 0.299 e. The zero-order valence-corrected chi connectivity index (χ0v) is 18.0. The van der Waals surface area contributed by atoms with E-state index in [9.17, 15) is 27.6 Å². The van der Waals surface area contributed by atoms with E-state index in [-0.39, 0.29) is 11.5 Å². The molecule has 1 saturated heterocycles. The fourth-order valence-electron chi connectivity index (χ4n) is 6.45. The molecule has 0 radical (unpaired) electrons. The maximum atomic E-state index is 13.9. The molecule has 0 unspecified atom stereocenters. The molecule has 3 aliphatic carbocycles. The second kappa shape index (κ2) is 6.65. The van der Waals surface area contributed by atoms with Crippen molar-refractivity contribution in [2.75, 3.05) is 4.90 Å². The lowest BCUT2D eigenvalue weighted by Crippen LogP contribution is -2.57. The molecule has 3 aromatic carbocycles. The number of nitrogens with zero attached hydrogens (tertiary/aromatic N) is 1. The molecule has 0 saturated carbocycles. The number of ketones is 1. The van der Waals surface area contributed by atoms with E-state index in [2.05, 4.69) is 0 Å². The maximum Gasteiger partial charge on any atom is 0.416 e. The summed E-state index contributed by atoms with van der Waals surface area (Å²) < 4.78 is 40.1. The highest BCUT2D eigenvalue weighted by molar-refractivity contribution is 6.25. The molecular weight excluding hydrogens is 443 g/mol. The van der Waals surface area contributed by atoms with Gasteiger partial charge in [0.05, 0.1) is 28.5 Å². The third kappa shape index (κ3) is 2.36. The van der Waals surface area contributed by atoms with Crippen molar-refractivity contribution in [3.63, 3.8) is 0 Å². The van der Waals surface area contributed by atoms with Gasteiger partial charge >= 0.3 is 6.18 Å². The van der Waals surface area contributed by atoms with E-state index < -0.39 is 46.7 Å². The van der Waals surface area contributed by atoms with Crippen LogP contribution in [0.15, 0.2) is 72.8 Å². The Morgan fingerprint density at radius 3 is 2.00 bits per heavy atom. The number of hydrogen-bond donors (Lipinski definition) is 0. The number of benzene rings is 3. The summed E-state index contributed by atoms with van der Waals surface area (Å²) >= 11 is 0. The number of carbonyl (C=O) groups excluding carboxylic acids is 3. The monoisotopic (exact) mass is 461 g/mol. The fourth-order valence-corrected chi connectivity index (χ4v) is 6.45. The molecule has 170 valence electrons. The summed E-state index contributed by atoms with van der Waals surface area (Å²) in [5.41, 5.74) is 0.547. The van der Waals surface area contributed by atoms with Gasteiger partial charge in [-0.2, -0.15) is 13.2 Å². The van der Waals surface area contributed by atoms with Gasteiger partial charge in [0.15, 0.2) is 0 Å². The molecule has 2 amide bonds. The SMILES string of the molecule is CC(=O)C12c3ccccc3C(c3ccccc31)[C@@H]1C(=O)N(c3cccc(C(F)(F)F)c3)C(=O)[C@@H]12. The molecule has 2 atom stereocenters. The molecule has 4 aliphatic rings. The highest BCUT2D eigenvalue weighted by atomic mass is 19.4. The Hall–Kier alpha value is -3.74. The standard InChI is InChI=1S/C27H18F3NO3/c1-14(32)26-19-11-4-2-9-17(19)21(18-10-3-5-12-20(18)26)22-23(26)25(34)31(24(22)33)16-8-6-7-15(13-16)27(28,29)30/h2-13,21-23H,1H3/t21?,22-,23+,26?/m0/s1. The van der Waals surface area contributed by atoms with Gasteiger partial charge in [0, 0.05) is 5.92 Å². The molecule has 2 bridgehead atoms. The second-order valence-electron chi connectivity index (χ2n) is 9.08. The van der Waals surface area contributed by atoms with Crippen LogP contribution >= 0.6 is 0 Å². The van der Waals surface area contributed by atoms with Crippen LogP contribution in [-0.2, 0) is 26.0 Å². The predicted molar refractivity (Wildman–Crippen MR) is 117 cm³/mol. The van der Waals surface area contributed by atoms with Gasteiger partial charge in [0.1, 0.15) is 5.78 Å². The maximum absolute atomic E-state index is 13.9. The fraction of sp³-hybridized carbons (Fsp3) is 0.222. The van der Waals surface area contributed by atoms with Crippen LogP contribution in [0.3, 0.4) is 0 Å². The minimum atomic E-state index is -4.62. The third-order valence-electron chi connectivity index (χ3n) is 7.61. The van der Waals surface area contributed by atoms with Crippen LogP contribution in [0.2, 0.25) is 0 Å². The number of amides is 2. The Labute approximate surface area is 193 Å². The number of halogens is 3. The number of imide groups is 1. The van der Waals surface area contributed by atoms with Crippen LogP contribution in [-0.4, -0.2) is 17.6 Å². The van der Waals surface area contributed by atoms with Gasteiger partial charge in [-0.15, -0.1) is 0 Å². The Kier molecular flexibility index (Phi) is 4.08. The number of anilines is 1. The van der Waals surface area contributed by atoms with E-state index in [0.29, 0.717) is 11.1 Å². The first kappa shape index (κ1) is 20.8. The average molecular weight is 461 g/mol. The van der Waals surface area contributed by atoms with Crippen molar-refractivity contribution in [2.24, 2.45) is 11.8 Å². The summed E-state index contributed by atoms with van der Waals surface area (Å²) in [7, 11) is 0. The van der Waals surface area contributed by atoms with E-state index >= 15 is 0 Å². The summed E-state index contributed by atoms with van der Waals surface area (Å²) in [5.74, 6) is -3.86. The topological polar surface area (TPSA) is 54.5 Å². The molecule has 0 N–H and O–H groups in total. The summed E-state index contributed by atoms with van der Waals surface area (Å²) in [6.07, 6.45) is -4.62. The van der Waals surface area contributed by atoms with Crippen LogP contribution < -0.4 is 4.90 Å². The lowest BCUT2D eigenvalue weighted by atomic mass is 9.46. The average Bonchev–Trinajstić information content (AvgIpc) is 3.09. The van der Waals surface area contributed by atoms with Gasteiger partial charge in [-0.05, 0) is 47.4 Å². The molecule has 34 heavy (non-hydrogen) atoms. The Morgan fingerprint density at radius 2 is 1.44 bits per heavy atom. The van der Waals surface area contributed by atoms with Gasteiger partial charge in [-0.1, -0.05) is 54.6 Å². The Morgan fingerprint density at radius 1 is 0.853 bits per heavy atom.